The number of aliphatic carboxylic acids is 4. The molecule has 2 unspecified atom stereocenters. The zero-order valence-electron chi connectivity index (χ0n) is 35.2. The number of hydrogen-bond acceptors (Lipinski definition) is 20. The van der Waals surface area contributed by atoms with Crippen LogP contribution in [-0.2, 0) is 32.3 Å². The average molecular weight is 909 g/mol. The van der Waals surface area contributed by atoms with Crippen LogP contribution in [0.3, 0.4) is 0 Å². The van der Waals surface area contributed by atoms with E-state index in [1.54, 1.807) is 36.7 Å². The van der Waals surface area contributed by atoms with Gasteiger partial charge in [-0.25, -0.2) is 29.5 Å². The van der Waals surface area contributed by atoms with Gasteiger partial charge in [-0.05, 0) is 61.4 Å². The molecule has 2 aromatic carbocycles. The Bertz CT molecular complexity index is 2590. The maximum absolute atomic E-state index is 12.4. The van der Waals surface area contributed by atoms with Crippen LogP contribution in [0.5, 0.6) is 0 Å². The van der Waals surface area contributed by atoms with Gasteiger partial charge in [-0.15, -0.1) is 0 Å². The predicted molar refractivity (Wildman–Crippen MR) is 237 cm³/mol. The zero-order valence-corrected chi connectivity index (χ0v) is 35.2. The normalized spacial score (nSPS) is 11.7. The van der Waals surface area contributed by atoms with Gasteiger partial charge in [-0.3, -0.25) is 19.2 Å². The van der Waals surface area contributed by atoms with Gasteiger partial charge in [0.15, 0.2) is 34.0 Å². The summed E-state index contributed by atoms with van der Waals surface area (Å²) in [4.78, 5) is 105. The molecule has 0 fully saturated rings. The molecule has 14 N–H and O–H groups in total. The van der Waals surface area contributed by atoms with Crippen LogP contribution < -0.4 is 43.4 Å². The van der Waals surface area contributed by atoms with Crippen molar-refractivity contribution in [1.82, 2.24) is 50.5 Å². The van der Waals surface area contributed by atoms with Crippen LogP contribution in [0.1, 0.15) is 57.8 Å². The number of amides is 2. The largest absolute Gasteiger partial charge is 0.481 e. The second-order valence-corrected chi connectivity index (χ2v) is 14.4. The van der Waals surface area contributed by atoms with Gasteiger partial charge >= 0.3 is 23.9 Å². The Labute approximate surface area is 373 Å². The van der Waals surface area contributed by atoms with E-state index in [-0.39, 0.29) is 60.3 Å². The minimum atomic E-state index is -1.30. The van der Waals surface area contributed by atoms with Crippen LogP contribution in [0, 0.1) is 0 Å². The molecule has 0 aliphatic rings. The van der Waals surface area contributed by atoms with Crippen LogP contribution in [0.25, 0.3) is 22.3 Å². The van der Waals surface area contributed by atoms with E-state index in [0.29, 0.717) is 46.8 Å². The molecule has 2 amide bonds. The highest BCUT2D eigenvalue weighted by molar-refractivity contribution is 5.97. The number of benzene rings is 2. The number of nitrogens with two attached hydrogens (primary N) is 4. The Balaban J connectivity index is 0.000000247. The quantitative estimate of drug-likeness (QED) is 0.0562. The first-order valence-electron chi connectivity index (χ1n) is 19.5. The molecular weight excluding hydrogens is 865 g/mol. The summed E-state index contributed by atoms with van der Waals surface area (Å²) in [6.45, 7) is 0.739. The molecule has 0 bridgehead atoms. The topological polar surface area (TPSA) is 421 Å². The first-order valence-corrected chi connectivity index (χ1v) is 19.5. The van der Waals surface area contributed by atoms with Crippen molar-refractivity contribution in [2.45, 2.75) is 50.9 Å². The smallest absolute Gasteiger partial charge is 0.326 e. The lowest BCUT2D eigenvalue weighted by Crippen LogP contribution is -2.41. The lowest BCUT2D eigenvalue weighted by Gasteiger charge is -2.19. The Morgan fingerprint density at radius 1 is 0.545 bits per heavy atom. The Kier molecular flexibility index (Phi) is 15.5. The summed E-state index contributed by atoms with van der Waals surface area (Å²) in [7, 11) is 3.63. The average Bonchev–Trinajstić information content (AvgIpc) is 3.26. The second-order valence-electron chi connectivity index (χ2n) is 14.4. The van der Waals surface area contributed by atoms with Crippen LogP contribution in [0.4, 0.5) is 34.9 Å². The van der Waals surface area contributed by atoms with E-state index in [1.807, 2.05) is 23.9 Å². The van der Waals surface area contributed by atoms with Crippen molar-refractivity contribution >= 4 is 92.9 Å². The third-order valence-electron chi connectivity index (χ3n) is 9.44. The molecule has 344 valence electrons. The van der Waals surface area contributed by atoms with Gasteiger partial charge in [0.25, 0.3) is 11.8 Å². The van der Waals surface area contributed by atoms with Crippen molar-refractivity contribution in [1.29, 1.82) is 0 Å². The van der Waals surface area contributed by atoms with Gasteiger partial charge in [-0.1, -0.05) is 0 Å². The fraction of sp³-hybridized carbons (Fsp3) is 0.250. The van der Waals surface area contributed by atoms with E-state index < -0.39 is 47.8 Å². The maximum atomic E-state index is 12.4. The number of nitrogens with zero attached hydrogens (tertiary/aromatic N) is 10. The summed E-state index contributed by atoms with van der Waals surface area (Å²) < 4.78 is 0. The third-order valence-corrected chi connectivity index (χ3v) is 9.44. The molecular formula is C40H44N16O10. The molecule has 26 nitrogen and oxygen atoms in total. The van der Waals surface area contributed by atoms with E-state index >= 15 is 0 Å². The fourth-order valence-corrected chi connectivity index (χ4v) is 6.05. The first kappa shape index (κ1) is 47.9. The van der Waals surface area contributed by atoms with Gasteiger partial charge in [0, 0.05) is 49.4 Å². The molecule has 6 aromatic rings. The standard InChI is InChI=1S/2C20H22N8O5/c2*1-28(9-11-8-23-17-15(24-11)16(21)26-20(22)27-17)12-4-2-10(3-5-12)18(31)25-13(19(32)33)6-7-14(29)30/h2*2-5,8,13H,6-7,9H2,1H3,(H,25,31)(H,29,30)(H,32,33)(H4,21,22,23,26,27). The van der Waals surface area contributed by atoms with Crippen LogP contribution in [0.2, 0.25) is 0 Å². The molecule has 4 aromatic heterocycles. The first-order chi connectivity index (χ1) is 31.3. The Morgan fingerprint density at radius 2 is 0.894 bits per heavy atom. The van der Waals surface area contributed by atoms with E-state index in [0.717, 1.165) is 11.4 Å². The molecule has 0 aliphatic heterocycles. The van der Waals surface area contributed by atoms with Crippen molar-refractivity contribution in [2.24, 2.45) is 0 Å². The third kappa shape index (κ3) is 13.0. The number of carbonyl (C=O) groups excluding carboxylic acids is 2. The molecule has 4 heterocycles. The summed E-state index contributed by atoms with van der Waals surface area (Å²) in [5, 5.41) is 40.5. The molecule has 26 heteroatoms. The molecule has 0 saturated heterocycles. The van der Waals surface area contributed by atoms with E-state index in [1.165, 1.54) is 24.3 Å². The zero-order chi connectivity index (χ0) is 48.2. The second kappa shape index (κ2) is 21.3. The lowest BCUT2D eigenvalue weighted by atomic mass is 10.1. The minimum Gasteiger partial charge on any atom is -0.481 e. The molecule has 2 atom stereocenters. The molecule has 0 spiro atoms. The molecule has 0 radical (unpaired) electrons. The van der Waals surface area contributed by atoms with Gasteiger partial charge in [0.05, 0.1) is 36.9 Å². The molecule has 0 saturated carbocycles. The summed E-state index contributed by atoms with van der Waals surface area (Å²) in [5.41, 5.74) is 27.3. The number of carboxylic acid groups (broad SMARTS) is 4. The SMILES string of the molecule is CN(Cc1cnc2nc(N)nc(N)c2n1)c1ccc(C(=O)NC(CCC(=O)O)C(=O)O)cc1.CN(Cc1cnc2nc(N)nc(N)c2n1)c1ccc(C(=O)NC(CCC(=O)O)C(=O)O)cc1. The number of nitrogen functional groups attached to an aromatic ring is 4. The number of fused-ring (bicyclic) bond motifs is 2. The van der Waals surface area contributed by atoms with Crippen LogP contribution in [-0.4, -0.2) is 122 Å². The molecule has 6 rings (SSSR count). The summed E-state index contributed by atoms with van der Waals surface area (Å²) in [5.74, 6) is -5.82. The number of nitrogens with one attached hydrogen (secondary N) is 2. The molecule has 0 aliphatic carbocycles. The Hall–Kier alpha value is -9.10. The number of carboxylic acids is 4. The predicted octanol–water partition coefficient (Wildman–Crippen LogP) is 0.537. The van der Waals surface area contributed by atoms with Gasteiger partial charge in [-0.2, -0.15) is 19.9 Å². The highest BCUT2D eigenvalue weighted by Gasteiger charge is 2.23. The van der Waals surface area contributed by atoms with Crippen molar-refractivity contribution in [3.63, 3.8) is 0 Å². The monoisotopic (exact) mass is 908 g/mol. The summed E-state index contributed by atoms with van der Waals surface area (Å²) in [6, 6.07) is 10.3. The summed E-state index contributed by atoms with van der Waals surface area (Å²) in [6.07, 6.45) is 1.93. The van der Waals surface area contributed by atoms with Crippen molar-refractivity contribution in [3.05, 3.63) is 83.4 Å². The lowest BCUT2D eigenvalue weighted by molar-refractivity contribution is -0.142. The van der Waals surface area contributed by atoms with Gasteiger partial charge in [0.2, 0.25) is 11.9 Å². The highest BCUT2D eigenvalue weighted by Crippen LogP contribution is 2.21. The number of rotatable bonds is 18. The number of carbonyl (C=O) groups is 6. The van der Waals surface area contributed by atoms with E-state index in [9.17, 15) is 39.0 Å². The summed E-state index contributed by atoms with van der Waals surface area (Å²) >= 11 is 0. The Morgan fingerprint density at radius 3 is 1.21 bits per heavy atom. The number of anilines is 6. The number of aromatic nitrogens is 8. The van der Waals surface area contributed by atoms with Crippen LogP contribution >= 0.6 is 0 Å². The van der Waals surface area contributed by atoms with Crippen molar-refractivity contribution in [3.8, 4) is 0 Å². The van der Waals surface area contributed by atoms with E-state index in [4.69, 9.17) is 33.1 Å². The van der Waals surface area contributed by atoms with Crippen molar-refractivity contribution < 1.29 is 49.2 Å². The van der Waals surface area contributed by atoms with Gasteiger partial charge in [0.1, 0.15) is 12.1 Å². The maximum Gasteiger partial charge on any atom is 0.326 e. The highest BCUT2D eigenvalue weighted by atomic mass is 16.4. The van der Waals surface area contributed by atoms with Crippen molar-refractivity contribution in [2.75, 3.05) is 46.8 Å². The van der Waals surface area contributed by atoms with Crippen LogP contribution in [0.15, 0.2) is 60.9 Å². The molecule has 66 heavy (non-hydrogen) atoms. The van der Waals surface area contributed by atoms with E-state index in [2.05, 4.69) is 50.5 Å². The minimum absolute atomic E-state index is 0.0138. The number of hydrogen-bond donors (Lipinski definition) is 10. The van der Waals surface area contributed by atoms with Gasteiger partial charge < -0.3 is 63.8 Å². The fourth-order valence-electron chi connectivity index (χ4n) is 6.05.